The molecule has 31 heavy (non-hydrogen) atoms. The monoisotopic (exact) mass is 438 g/mol. The zero-order valence-electron chi connectivity index (χ0n) is 16.6. The highest BCUT2D eigenvalue weighted by Gasteiger charge is 2.34. The van der Waals surface area contributed by atoms with Crippen molar-refractivity contribution in [2.75, 3.05) is 48.3 Å². The van der Waals surface area contributed by atoms with Crippen LogP contribution in [0.4, 0.5) is 30.9 Å². The Labute approximate surface area is 175 Å². The lowest BCUT2D eigenvalue weighted by Crippen LogP contribution is -2.33. The molecule has 2 aliphatic heterocycles. The number of nitrogens with zero attached hydrogens (tertiary/aromatic N) is 7. The molecule has 12 nitrogen and oxygen atoms in total. The molecule has 1 atom stereocenters. The van der Waals surface area contributed by atoms with Gasteiger partial charge in [0.05, 0.1) is 31.9 Å². The molecule has 14 heteroatoms. The second-order valence-corrected chi connectivity index (χ2v) is 7.03. The van der Waals surface area contributed by atoms with E-state index in [-0.39, 0.29) is 62.6 Å². The molecule has 0 spiro atoms. The summed E-state index contributed by atoms with van der Waals surface area (Å²) in [5.74, 6) is -1.91. The van der Waals surface area contributed by atoms with Gasteiger partial charge in [0.2, 0.25) is 11.9 Å². The number of nitrogen functional groups attached to an aromatic ring is 1. The number of hydrogen-bond donors (Lipinski definition) is 1. The van der Waals surface area contributed by atoms with Crippen LogP contribution < -0.4 is 15.5 Å². The van der Waals surface area contributed by atoms with Crippen LogP contribution in [0, 0.1) is 11.6 Å². The van der Waals surface area contributed by atoms with Gasteiger partial charge in [-0.2, -0.15) is 0 Å². The number of hydrogen-bond acceptors (Lipinski definition) is 9. The van der Waals surface area contributed by atoms with Gasteiger partial charge in [0.25, 0.3) is 0 Å². The van der Waals surface area contributed by atoms with E-state index in [4.69, 9.17) is 15.3 Å². The van der Waals surface area contributed by atoms with Crippen molar-refractivity contribution in [2.24, 2.45) is 0 Å². The maximum Gasteiger partial charge on any atom is 0.414 e. The topological polar surface area (TPSA) is 132 Å². The Morgan fingerprint density at radius 1 is 1.26 bits per heavy atom. The number of rotatable bonds is 4. The molecule has 2 amide bonds. The molecule has 0 aliphatic carbocycles. The molecule has 0 saturated carbocycles. The number of ether oxygens (including phenoxy) is 1. The first-order chi connectivity index (χ1) is 14.8. The zero-order chi connectivity index (χ0) is 22.1. The highest BCUT2D eigenvalue weighted by molar-refractivity contribution is 5.90. The summed E-state index contributed by atoms with van der Waals surface area (Å²) in [6, 6.07) is 2.14. The predicted octanol–water partition coefficient (Wildman–Crippen LogP) is 0.159. The minimum absolute atomic E-state index is 0.0207. The Kier molecular flexibility index (Phi) is 5.54. The van der Waals surface area contributed by atoms with Crippen molar-refractivity contribution in [3.05, 3.63) is 23.8 Å². The molecule has 3 heterocycles. The second kappa shape index (κ2) is 8.29. The molecule has 2 N–H and O–H groups in total. The second-order valence-electron chi connectivity index (χ2n) is 7.03. The molecule has 0 unspecified atom stereocenters. The van der Waals surface area contributed by atoms with Crippen LogP contribution >= 0.6 is 0 Å². The summed E-state index contributed by atoms with van der Waals surface area (Å²) < 4.78 is 36.3. The summed E-state index contributed by atoms with van der Waals surface area (Å²) in [4.78, 5) is 31.6. The van der Waals surface area contributed by atoms with Crippen LogP contribution in [-0.4, -0.2) is 76.2 Å². The number of tetrazole rings is 1. The first-order valence-electron chi connectivity index (χ1n) is 9.48. The van der Waals surface area contributed by atoms with Crippen LogP contribution in [0.25, 0.3) is 0 Å². The quantitative estimate of drug-likeness (QED) is 0.709. The Morgan fingerprint density at radius 2 is 2.00 bits per heavy atom. The molecule has 0 bridgehead atoms. The van der Waals surface area contributed by atoms with Crippen molar-refractivity contribution >= 4 is 29.3 Å². The normalized spacial score (nSPS) is 19.5. The van der Waals surface area contributed by atoms with E-state index in [2.05, 4.69) is 15.5 Å². The van der Waals surface area contributed by atoms with Crippen LogP contribution in [0.15, 0.2) is 12.1 Å². The number of halogens is 2. The van der Waals surface area contributed by atoms with Crippen molar-refractivity contribution in [2.45, 2.75) is 19.6 Å². The Bertz CT molecular complexity index is 979. The average Bonchev–Trinajstić information content (AvgIpc) is 3.18. The third kappa shape index (κ3) is 4.19. The lowest BCUT2D eigenvalue weighted by Gasteiger charge is -2.24. The number of anilines is 3. The molecular formula is C17H20F2N8O4. The van der Waals surface area contributed by atoms with Gasteiger partial charge >= 0.3 is 6.09 Å². The number of benzene rings is 1. The molecule has 4 rings (SSSR count). The van der Waals surface area contributed by atoms with Gasteiger partial charge in [0, 0.05) is 32.1 Å². The van der Waals surface area contributed by atoms with Crippen molar-refractivity contribution in [1.82, 2.24) is 25.3 Å². The van der Waals surface area contributed by atoms with Crippen LogP contribution in [0.3, 0.4) is 0 Å². The number of amides is 2. The minimum atomic E-state index is -0.841. The van der Waals surface area contributed by atoms with Gasteiger partial charge in [0.1, 0.15) is 11.8 Å². The van der Waals surface area contributed by atoms with Gasteiger partial charge in [-0.1, -0.05) is 5.10 Å². The Morgan fingerprint density at radius 3 is 2.65 bits per heavy atom. The van der Waals surface area contributed by atoms with E-state index in [1.54, 1.807) is 0 Å². The van der Waals surface area contributed by atoms with Gasteiger partial charge in [0.15, 0.2) is 11.6 Å². The molecule has 166 valence electrons. The fourth-order valence-corrected chi connectivity index (χ4v) is 3.49. The van der Waals surface area contributed by atoms with Crippen molar-refractivity contribution < 1.29 is 27.9 Å². The summed E-state index contributed by atoms with van der Waals surface area (Å²) in [6.07, 6.45) is -1.40. The third-order valence-electron chi connectivity index (χ3n) is 4.97. The summed E-state index contributed by atoms with van der Waals surface area (Å²) in [7, 11) is 0. The fraction of sp³-hybridized carbons (Fsp3) is 0.471. The highest BCUT2D eigenvalue weighted by atomic mass is 19.1. The first kappa shape index (κ1) is 20.7. The molecule has 2 saturated heterocycles. The third-order valence-corrected chi connectivity index (χ3v) is 4.97. The molecule has 2 fully saturated rings. The highest BCUT2D eigenvalue weighted by Crippen LogP contribution is 2.31. The molecule has 1 aromatic heterocycles. The smallest absolute Gasteiger partial charge is 0.414 e. The van der Waals surface area contributed by atoms with Crippen LogP contribution in [0.2, 0.25) is 0 Å². The molecular weight excluding hydrogens is 418 g/mol. The number of aromatic nitrogens is 4. The largest absolute Gasteiger partial charge is 0.442 e. The van der Waals surface area contributed by atoms with Crippen molar-refractivity contribution in [3.8, 4) is 0 Å². The fourth-order valence-electron chi connectivity index (χ4n) is 3.49. The van der Waals surface area contributed by atoms with E-state index in [0.717, 1.165) is 22.1 Å². The number of carbonyl (C=O) groups is 2. The van der Waals surface area contributed by atoms with Crippen LogP contribution in [-0.2, 0) is 20.9 Å². The minimum Gasteiger partial charge on any atom is -0.442 e. The van der Waals surface area contributed by atoms with Crippen molar-refractivity contribution in [1.29, 1.82) is 0 Å². The van der Waals surface area contributed by atoms with Gasteiger partial charge in [-0.25, -0.2) is 23.3 Å². The van der Waals surface area contributed by atoms with E-state index < -0.39 is 23.8 Å². The Hall–Kier alpha value is -3.55. The first-order valence-corrected chi connectivity index (χ1v) is 9.48. The number of hydroxylamine groups is 2. The van der Waals surface area contributed by atoms with Gasteiger partial charge in [-0.3, -0.25) is 14.5 Å². The zero-order valence-corrected chi connectivity index (χ0v) is 16.6. The SMILES string of the molecule is CC(=O)N1CCN(c2c(F)cc(N3C[C@H](Cn4nnnc4N)OC3=O)cc2F)CCO1. The van der Waals surface area contributed by atoms with E-state index in [0.29, 0.717) is 0 Å². The average molecular weight is 438 g/mol. The van der Waals surface area contributed by atoms with Crippen LogP contribution in [0.1, 0.15) is 6.92 Å². The molecule has 2 aromatic rings. The lowest BCUT2D eigenvalue weighted by molar-refractivity contribution is -0.179. The molecule has 0 radical (unpaired) electrons. The molecule has 2 aliphatic rings. The summed E-state index contributed by atoms with van der Waals surface area (Å²) >= 11 is 0. The van der Waals surface area contributed by atoms with Gasteiger partial charge in [-0.05, 0) is 10.4 Å². The predicted molar refractivity (Wildman–Crippen MR) is 102 cm³/mol. The molecule has 1 aromatic carbocycles. The van der Waals surface area contributed by atoms with Crippen molar-refractivity contribution in [3.63, 3.8) is 0 Å². The van der Waals surface area contributed by atoms with Gasteiger partial charge in [-0.15, -0.1) is 0 Å². The van der Waals surface area contributed by atoms with E-state index in [9.17, 15) is 18.4 Å². The van der Waals surface area contributed by atoms with E-state index in [1.807, 2.05) is 0 Å². The standard InChI is InChI=1S/C17H20F2N8O4/c1-10(28)27-3-2-24(4-5-30-27)15-13(18)6-11(7-14(15)19)25-8-12(31-17(25)29)9-26-16(20)21-22-23-26/h6-7,12H,2-5,8-9H2,1H3,(H2,20,21,23)/t12-/m1/s1. The summed E-state index contributed by atoms with van der Waals surface area (Å²) in [6.45, 7) is 2.14. The number of cyclic esters (lactones) is 1. The Balaban J connectivity index is 1.50. The maximum absolute atomic E-state index is 14.9. The van der Waals surface area contributed by atoms with E-state index >= 15 is 0 Å². The van der Waals surface area contributed by atoms with Crippen LogP contribution in [0.5, 0.6) is 0 Å². The number of nitrogens with two attached hydrogens (primary N) is 1. The van der Waals surface area contributed by atoms with Gasteiger partial charge < -0.3 is 15.4 Å². The summed E-state index contributed by atoms with van der Waals surface area (Å²) in [5, 5.41) is 11.8. The lowest BCUT2D eigenvalue weighted by atomic mass is 10.2. The summed E-state index contributed by atoms with van der Waals surface area (Å²) in [5.41, 5.74) is 5.37. The van der Waals surface area contributed by atoms with E-state index in [1.165, 1.54) is 16.5 Å². The maximum atomic E-state index is 14.9. The number of carbonyl (C=O) groups excluding carboxylic acids is 2.